The van der Waals surface area contributed by atoms with E-state index in [0.717, 1.165) is 13.0 Å². The van der Waals surface area contributed by atoms with Crippen molar-refractivity contribution in [3.05, 3.63) is 0 Å². The van der Waals surface area contributed by atoms with Crippen LogP contribution in [0.25, 0.3) is 0 Å². The molecule has 1 amide bonds. The van der Waals surface area contributed by atoms with Gasteiger partial charge >= 0.3 is 0 Å². The molecule has 0 aliphatic rings. The number of hydrogen-bond acceptors (Lipinski definition) is 7. The molecule has 0 bridgehead atoms. The lowest BCUT2D eigenvalue weighted by atomic mass is 9.99. The van der Waals surface area contributed by atoms with E-state index < -0.39 is 0 Å². The van der Waals surface area contributed by atoms with Crippen molar-refractivity contribution in [2.45, 2.75) is 98.3 Å². The summed E-state index contributed by atoms with van der Waals surface area (Å²) in [5.74, 6) is 0.0973. The SMILES string of the molecule is CCN(C)C(C)(C)CCOC(C)CCC(=O)NC(COCCC(C)=O)COCCC(=O)C(C)C. The number of rotatable bonds is 21. The van der Waals surface area contributed by atoms with Gasteiger partial charge in [-0.1, -0.05) is 20.8 Å². The van der Waals surface area contributed by atoms with E-state index in [1.807, 2.05) is 20.8 Å². The maximum absolute atomic E-state index is 12.5. The van der Waals surface area contributed by atoms with Crippen molar-refractivity contribution < 1.29 is 28.6 Å². The van der Waals surface area contributed by atoms with Crippen molar-refractivity contribution in [3.63, 3.8) is 0 Å². The van der Waals surface area contributed by atoms with Gasteiger partial charge in [-0.05, 0) is 54.1 Å². The molecule has 0 aromatic carbocycles. The molecule has 0 aliphatic heterocycles. The van der Waals surface area contributed by atoms with Crippen LogP contribution in [0.1, 0.15) is 80.6 Å². The smallest absolute Gasteiger partial charge is 0.220 e. The second-order valence-electron chi connectivity index (χ2n) is 10.0. The molecule has 34 heavy (non-hydrogen) atoms. The molecule has 200 valence electrons. The molecule has 0 saturated heterocycles. The van der Waals surface area contributed by atoms with E-state index in [2.05, 4.69) is 38.0 Å². The summed E-state index contributed by atoms with van der Waals surface area (Å²) in [6, 6.07) is -0.338. The Morgan fingerprint density at radius 3 is 2.06 bits per heavy atom. The lowest BCUT2D eigenvalue weighted by Crippen LogP contribution is -2.42. The van der Waals surface area contributed by atoms with Crippen LogP contribution in [0, 0.1) is 5.92 Å². The van der Waals surface area contributed by atoms with E-state index in [1.54, 1.807) is 0 Å². The van der Waals surface area contributed by atoms with E-state index in [0.29, 0.717) is 45.5 Å². The van der Waals surface area contributed by atoms with Crippen LogP contribution in [-0.4, -0.2) is 86.7 Å². The summed E-state index contributed by atoms with van der Waals surface area (Å²) < 4.78 is 17.1. The molecule has 0 heterocycles. The standard InChI is InChI=1S/C26H50N2O6/c1-9-28(8)26(6,7)14-17-34-22(5)10-11-25(31)27-23(18-32-15-12-21(4)29)19-33-16-13-24(30)20(2)3/h20,22-23H,9-19H2,1-8H3,(H,27,31). The van der Waals surface area contributed by atoms with Gasteiger partial charge in [0.15, 0.2) is 0 Å². The van der Waals surface area contributed by atoms with Crippen molar-refractivity contribution in [2.24, 2.45) is 5.92 Å². The Morgan fingerprint density at radius 1 is 0.941 bits per heavy atom. The van der Waals surface area contributed by atoms with Crippen molar-refractivity contribution >= 4 is 17.5 Å². The van der Waals surface area contributed by atoms with Crippen LogP contribution in [0.2, 0.25) is 0 Å². The quantitative estimate of drug-likeness (QED) is 0.249. The summed E-state index contributed by atoms with van der Waals surface area (Å²) in [7, 11) is 2.11. The number of Topliss-reactive ketones (excluding diaryl/α,β-unsaturated/α-hetero) is 2. The first kappa shape index (κ1) is 32.7. The summed E-state index contributed by atoms with van der Waals surface area (Å²) >= 11 is 0. The van der Waals surface area contributed by atoms with Crippen LogP contribution in [0.3, 0.4) is 0 Å². The molecular weight excluding hydrogens is 436 g/mol. The monoisotopic (exact) mass is 486 g/mol. The van der Waals surface area contributed by atoms with Crippen molar-refractivity contribution in [2.75, 3.05) is 46.6 Å². The Kier molecular flexibility index (Phi) is 17.3. The number of amides is 1. The number of nitrogens with one attached hydrogen (secondary N) is 1. The Balaban J connectivity index is 4.42. The summed E-state index contributed by atoms with van der Waals surface area (Å²) in [6.45, 7) is 16.5. The van der Waals surface area contributed by atoms with Gasteiger partial charge < -0.3 is 24.4 Å². The molecule has 0 aliphatic carbocycles. The first-order valence-corrected chi connectivity index (χ1v) is 12.7. The molecule has 2 unspecified atom stereocenters. The molecule has 0 aromatic rings. The van der Waals surface area contributed by atoms with Gasteiger partial charge in [-0.3, -0.25) is 14.4 Å². The molecule has 2 atom stereocenters. The van der Waals surface area contributed by atoms with Gasteiger partial charge in [0.2, 0.25) is 5.91 Å². The van der Waals surface area contributed by atoms with Crippen LogP contribution in [0.5, 0.6) is 0 Å². The minimum absolute atomic E-state index is 0.0166. The van der Waals surface area contributed by atoms with Gasteiger partial charge in [-0.2, -0.15) is 0 Å². The third-order valence-corrected chi connectivity index (χ3v) is 6.14. The molecule has 0 saturated carbocycles. The molecule has 0 aromatic heterocycles. The Bertz CT molecular complexity index is 594. The summed E-state index contributed by atoms with van der Waals surface area (Å²) in [6.07, 6.45) is 2.56. The summed E-state index contributed by atoms with van der Waals surface area (Å²) in [4.78, 5) is 37.6. The molecule has 0 radical (unpaired) electrons. The fourth-order valence-electron chi connectivity index (χ4n) is 3.11. The topological polar surface area (TPSA) is 94.2 Å². The van der Waals surface area contributed by atoms with Crippen LogP contribution in [-0.2, 0) is 28.6 Å². The Labute approximate surface area is 207 Å². The third-order valence-electron chi connectivity index (χ3n) is 6.14. The van der Waals surface area contributed by atoms with Gasteiger partial charge in [-0.25, -0.2) is 0 Å². The number of carbonyl (C=O) groups is 3. The van der Waals surface area contributed by atoms with Gasteiger partial charge in [-0.15, -0.1) is 0 Å². The highest BCUT2D eigenvalue weighted by Gasteiger charge is 2.22. The number of nitrogens with zero attached hydrogens (tertiary/aromatic N) is 1. The lowest BCUT2D eigenvalue weighted by Gasteiger charge is -2.35. The second kappa shape index (κ2) is 18.0. The molecule has 8 heteroatoms. The Hall–Kier alpha value is -1.35. The summed E-state index contributed by atoms with van der Waals surface area (Å²) in [5, 5.41) is 2.95. The highest BCUT2D eigenvalue weighted by atomic mass is 16.5. The van der Waals surface area contributed by atoms with E-state index in [9.17, 15) is 14.4 Å². The van der Waals surface area contributed by atoms with Crippen molar-refractivity contribution in [1.82, 2.24) is 10.2 Å². The zero-order chi connectivity index (χ0) is 26.1. The molecule has 0 spiro atoms. The molecule has 8 nitrogen and oxygen atoms in total. The van der Waals surface area contributed by atoms with Crippen LogP contribution >= 0.6 is 0 Å². The van der Waals surface area contributed by atoms with Crippen LogP contribution < -0.4 is 5.32 Å². The first-order valence-electron chi connectivity index (χ1n) is 12.7. The van der Waals surface area contributed by atoms with Gasteiger partial charge in [0.25, 0.3) is 0 Å². The maximum Gasteiger partial charge on any atom is 0.220 e. The fourth-order valence-corrected chi connectivity index (χ4v) is 3.11. The zero-order valence-corrected chi connectivity index (χ0v) is 22.9. The third kappa shape index (κ3) is 16.3. The Morgan fingerprint density at radius 2 is 1.53 bits per heavy atom. The van der Waals surface area contributed by atoms with Crippen molar-refractivity contribution in [1.29, 1.82) is 0 Å². The molecule has 0 rings (SSSR count). The highest BCUT2D eigenvalue weighted by molar-refractivity contribution is 5.80. The molecular formula is C26H50N2O6. The average Bonchev–Trinajstić information content (AvgIpc) is 2.76. The highest BCUT2D eigenvalue weighted by Crippen LogP contribution is 2.17. The average molecular weight is 487 g/mol. The van der Waals surface area contributed by atoms with Crippen LogP contribution in [0.4, 0.5) is 0 Å². The van der Waals surface area contributed by atoms with E-state index >= 15 is 0 Å². The van der Waals surface area contributed by atoms with E-state index in [1.165, 1.54) is 6.92 Å². The zero-order valence-electron chi connectivity index (χ0n) is 22.9. The molecule has 0 fully saturated rings. The normalized spacial score (nSPS) is 13.8. The summed E-state index contributed by atoms with van der Waals surface area (Å²) in [5.41, 5.74) is 0.0707. The second-order valence-corrected chi connectivity index (χ2v) is 10.0. The lowest BCUT2D eigenvalue weighted by molar-refractivity contribution is -0.125. The molecule has 1 N–H and O–H groups in total. The van der Waals surface area contributed by atoms with Gasteiger partial charge in [0.05, 0.1) is 38.6 Å². The number of ketones is 2. The predicted molar refractivity (Wildman–Crippen MR) is 135 cm³/mol. The predicted octanol–water partition coefficient (Wildman–Crippen LogP) is 3.40. The van der Waals surface area contributed by atoms with E-state index in [4.69, 9.17) is 14.2 Å². The largest absolute Gasteiger partial charge is 0.379 e. The van der Waals surface area contributed by atoms with Crippen LogP contribution in [0.15, 0.2) is 0 Å². The maximum atomic E-state index is 12.5. The van der Waals surface area contributed by atoms with Gasteiger partial charge in [0.1, 0.15) is 11.6 Å². The number of carbonyl (C=O) groups excluding carboxylic acids is 3. The van der Waals surface area contributed by atoms with E-state index in [-0.39, 0.29) is 54.3 Å². The van der Waals surface area contributed by atoms with Crippen molar-refractivity contribution in [3.8, 4) is 0 Å². The first-order chi connectivity index (χ1) is 15.9. The fraction of sp³-hybridized carbons (Fsp3) is 0.885. The minimum Gasteiger partial charge on any atom is -0.379 e. The van der Waals surface area contributed by atoms with Gasteiger partial charge in [0, 0.05) is 37.3 Å². The minimum atomic E-state index is -0.338. The number of hydrogen-bond donors (Lipinski definition) is 1. The number of ether oxygens (including phenoxy) is 3.